The van der Waals surface area contributed by atoms with Gasteiger partial charge in [-0.2, -0.15) is 0 Å². The van der Waals surface area contributed by atoms with Gasteiger partial charge in [0.25, 0.3) is 11.8 Å². The molecule has 7 heteroatoms. The first-order valence-corrected chi connectivity index (χ1v) is 8.09. The number of ether oxygens (including phenoxy) is 3. The lowest BCUT2D eigenvalue weighted by Gasteiger charge is -2.16. The molecule has 0 saturated heterocycles. The largest absolute Gasteiger partial charge is 0.493 e. The van der Waals surface area contributed by atoms with Gasteiger partial charge in [0.1, 0.15) is 5.03 Å². The lowest BCUT2D eigenvalue weighted by Crippen LogP contribution is -2.35. The molecule has 0 spiro atoms. The highest BCUT2D eigenvalue weighted by molar-refractivity contribution is 6.43. The van der Waals surface area contributed by atoms with Crippen LogP contribution in [-0.4, -0.2) is 44.6 Å². The van der Waals surface area contributed by atoms with Crippen LogP contribution < -0.4 is 14.2 Å². The molecule has 25 heavy (non-hydrogen) atoms. The Morgan fingerprint density at radius 3 is 2.36 bits per heavy atom. The van der Waals surface area contributed by atoms with E-state index in [4.69, 9.17) is 25.8 Å². The Bertz CT molecular complexity index is 701. The molecule has 6 nitrogen and oxygen atoms in total. The molecule has 0 N–H and O–H groups in total. The summed E-state index contributed by atoms with van der Waals surface area (Å²) in [5, 5.41) is 0.0760. The average Bonchev–Trinajstić information content (AvgIpc) is 2.80. The number of nitrogens with zero attached hydrogens (tertiary/aromatic N) is 1. The van der Waals surface area contributed by atoms with Crippen molar-refractivity contribution in [3.05, 3.63) is 34.9 Å². The van der Waals surface area contributed by atoms with Gasteiger partial charge in [0.2, 0.25) is 5.75 Å². The molecule has 0 unspecified atom stereocenters. The van der Waals surface area contributed by atoms with Gasteiger partial charge in [-0.1, -0.05) is 17.7 Å². The molecule has 1 heterocycles. The van der Waals surface area contributed by atoms with Crippen molar-refractivity contribution in [1.29, 1.82) is 0 Å². The number of carbonyl (C=O) groups excluding carboxylic acids is 2. The topological polar surface area (TPSA) is 65.1 Å². The summed E-state index contributed by atoms with van der Waals surface area (Å²) >= 11 is 5.89. The first kappa shape index (κ1) is 18.9. The number of rotatable bonds is 5. The molecule has 0 aliphatic carbocycles. The van der Waals surface area contributed by atoms with Crippen molar-refractivity contribution in [2.75, 3.05) is 27.9 Å². The van der Waals surface area contributed by atoms with Gasteiger partial charge in [0.05, 0.1) is 21.3 Å². The van der Waals surface area contributed by atoms with Crippen molar-refractivity contribution in [1.82, 2.24) is 4.90 Å². The van der Waals surface area contributed by atoms with Crippen LogP contribution in [0.15, 0.2) is 29.3 Å². The molecule has 2 rings (SSSR count). The van der Waals surface area contributed by atoms with Crippen LogP contribution in [0.25, 0.3) is 6.08 Å². The molecule has 0 saturated carbocycles. The summed E-state index contributed by atoms with van der Waals surface area (Å²) in [6, 6.07) is 3.42. The van der Waals surface area contributed by atoms with Crippen LogP contribution in [0.4, 0.5) is 0 Å². The van der Waals surface area contributed by atoms with E-state index in [1.54, 1.807) is 24.3 Å². The third kappa shape index (κ3) is 4.33. The lowest BCUT2D eigenvalue weighted by atomic mass is 10.1. The second kappa shape index (κ2) is 8.58. The SMILES string of the molecule is COc1cc(/C=C/C(=O)N2CCCC=C(Cl)C2=O)cc(OC)c1OC. The van der Waals surface area contributed by atoms with Crippen LogP contribution >= 0.6 is 11.6 Å². The normalized spacial score (nSPS) is 15.0. The predicted molar refractivity (Wildman–Crippen MR) is 95.0 cm³/mol. The Balaban J connectivity index is 2.25. The number of hydrogen-bond acceptors (Lipinski definition) is 5. The summed E-state index contributed by atoms with van der Waals surface area (Å²) in [6.07, 6.45) is 5.91. The first-order valence-electron chi connectivity index (χ1n) is 7.71. The molecule has 1 aromatic carbocycles. The molecule has 134 valence electrons. The second-order valence-corrected chi connectivity index (χ2v) is 5.69. The standard InChI is InChI=1S/C18H20ClNO5/c1-23-14-10-12(11-15(24-2)17(14)25-3)7-8-16(21)20-9-5-4-6-13(19)18(20)22/h6-8,10-11H,4-5,9H2,1-3H3/b8-7+. The van der Waals surface area contributed by atoms with Crippen LogP contribution in [0, 0.1) is 0 Å². The van der Waals surface area contributed by atoms with Gasteiger partial charge in [0, 0.05) is 12.6 Å². The van der Waals surface area contributed by atoms with E-state index >= 15 is 0 Å². The molecule has 0 aromatic heterocycles. The quantitative estimate of drug-likeness (QED) is 0.750. The average molecular weight is 366 g/mol. The van der Waals surface area contributed by atoms with Gasteiger partial charge in [-0.15, -0.1) is 0 Å². The van der Waals surface area contributed by atoms with Crippen LogP contribution in [0.5, 0.6) is 17.2 Å². The van der Waals surface area contributed by atoms with Crippen LogP contribution in [0.2, 0.25) is 0 Å². The molecule has 1 aromatic rings. The maximum absolute atomic E-state index is 12.4. The van der Waals surface area contributed by atoms with E-state index in [0.29, 0.717) is 42.2 Å². The van der Waals surface area contributed by atoms with Crippen LogP contribution in [-0.2, 0) is 9.59 Å². The first-order chi connectivity index (χ1) is 12.0. The Morgan fingerprint density at radius 1 is 1.16 bits per heavy atom. The summed E-state index contributed by atoms with van der Waals surface area (Å²) in [5.74, 6) is 0.524. The lowest BCUT2D eigenvalue weighted by molar-refractivity contribution is -0.138. The zero-order chi connectivity index (χ0) is 18.4. The third-order valence-corrected chi connectivity index (χ3v) is 4.05. The highest BCUT2D eigenvalue weighted by Gasteiger charge is 2.23. The maximum atomic E-state index is 12.4. The van der Waals surface area contributed by atoms with E-state index < -0.39 is 11.8 Å². The molecular weight excluding hydrogens is 346 g/mol. The Morgan fingerprint density at radius 2 is 1.80 bits per heavy atom. The van der Waals surface area contributed by atoms with Gasteiger partial charge in [0.15, 0.2) is 11.5 Å². The summed E-state index contributed by atoms with van der Waals surface area (Å²) in [6.45, 7) is 0.337. The van der Waals surface area contributed by atoms with Crippen molar-refractivity contribution in [2.24, 2.45) is 0 Å². The highest BCUT2D eigenvalue weighted by Crippen LogP contribution is 2.38. The zero-order valence-electron chi connectivity index (χ0n) is 14.4. The fourth-order valence-electron chi connectivity index (χ4n) is 2.46. The van der Waals surface area contributed by atoms with Crippen molar-refractivity contribution in [2.45, 2.75) is 12.8 Å². The number of hydrogen-bond donors (Lipinski definition) is 0. The molecule has 1 aliphatic rings. The van der Waals surface area contributed by atoms with E-state index in [-0.39, 0.29) is 5.03 Å². The van der Waals surface area contributed by atoms with Gasteiger partial charge in [-0.05, 0) is 36.6 Å². The third-order valence-electron chi connectivity index (χ3n) is 3.73. The minimum Gasteiger partial charge on any atom is -0.493 e. The van der Waals surface area contributed by atoms with Crippen LogP contribution in [0.1, 0.15) is 18.4 Å². The van der Waals surface area contributed by atoms with Gasteiger partial charge in [-0.25, -0.2) is 0 Å². The van der Waals surface area contributed by atoms with Crippen molar-refractivity contribution >= 4 is 29.5 Å². The number of amides is 2. The molecule has 0 atom stereocenters. The Hall–Kier alpha value is -2.47. The molecule has 1 aliphatic heterocycles. The van der Waals surface area contributed by atoms with E-state index in [2.05, 4.69) is 0 Å². The van der Waals surface area contributed by atoms with Crippen molar-refractivity contribution < 1.29 is 23.8 Å². The van der Waals surface area contributed by atoms with E-state index in [1.165, 1.54) is 27.4 Å². The van der Waals surface area contributed by atoms with E-state index in [9.17, 15) is 9.59 Å². The van der Waals surface area contributed by atoms with Crippen molar-refractivity contribution in [3.63, 3.8) is 0 Å². The fraction of sp³-hybridized carbons (Fsp3) is 0.333. The van der Waals surface area contributed by atoms with E-state index in [1.807, 2.05) is 0 Å². The Labute approximate surface area is 151 Å². The number of methoxy groups -OCH3 is 3. The smallest absolute Gasteiger partial charge is 0.271 e. The Kier molecular flexibility index (Phi) is 6.47. The molecular formula is C18H20ClNO5. The van der Waals surface area contributed by atoms with Crippen molar-refractivity contribution in [3.8, 4) is 17.2 Å². The minimum atomic E-state index is -0.473. The molecule has 0 bridgehead atoms. The van der Waals surface area contributed by atoms with Crippen LogP contribution in [0.3, 0.4) is 0 Å². The summed E-state index contributed by atoms with van der Waals surface area (Å²) in [7, 11) is 4.54. The fourth-order valence-corrected chi connectivity index (χ4v) is 2.67. The monoisotopic (exact) mass is 365 g/mol. The number of carbonyl (C=O) groups is 2. The molecule has 0 radical (unpaired) electrons. The molecule has 0 fully saturated rings. The maximum Gasteiger partial charge on any atom is 0.271 e. The highest BCUT2D eigenvalue weighted by atomic mass is 35.5. The predicted octanol–water partition coefficient (Wildman–Crippen LogP) is 3.00. The number of allylic oxidation sites excluding steroid dienone is 1. The minimum absolute atomic E-state index is 0.0760. The number of imide groups is 1. The number of benzene rings is 1. The summed E-state index contributed by atoms with van der Waals surface area (Å²) in [5.41, 5.74) is 0.673. The second-order valence-electron chi connectivity index (χ2n) is 5.28. The zero-order valence-corrected chi connectivity index (χ0v) is 15.1. The number of halogens is 1. The summed E-state index contributed by atoms with van der Waals surface area (Å²) in [4.78, 5) is 25.6. The van der Waals surface area contributed by atoms with Gasteiger partial charge in [-0.3, -0.25) is 14.5 Å². The summed E-state index contributed by atoms with van der Waals surface area (Å²) < 4.78 is 15.8. The van der Waals surface area contributed by atoms with Gasteiger partial charge < -0.3 is 14.2 Å². The van der Waals surface area contributed by atoms with E-state index in [0.717, 1.165) is 4.90 Å². The van der Waals surface area contributed by atoms with Gasteiger partial charge >= 0.3 is 0 Å². The molecule has 2 amide bonds.